The lowest BCUT2D eigenvalue weighted by atomic mass is 9.76. The standard InChI is InChI=1S/C14H20ClNO2S/c1-2-4-14(13(17)18)5-3-6-16(10-14)8-12-7-11(15)9-19-12/h7,9H,2-6,8,10H2,1H3,(H,17,18). The van der Waals surface area contributed by atoms with Crippen molar-refractivity contribution in [2.75, 3.05) is 13.1 Å². The van der Waals surface area contributed by atoms with Crippen LogP contribution < -0.4 is 0 Å². The van der Waals surface area contributed by atoms with Crippen LogP contribution in [-0.2, 0) is 11.3 Å². The highest BCUT2D eigenvalue weighted by Crippen LogP contribution is 2.36. The van der Waals surface area contributed by atoms with Gasteiger partial charge in [-0.05, 0) is 31.9 Å². The predicted molar refractivity (Wildman–Crippen MR) is 78.8 cm³/mol. The molecule has 19 heavy (non-hydrogen) atoms. The Morgan fingerprint density at radius 2 is 2.42 bits per heavy atom. The highest BCUT2D eigenvalue weighted by Gasteiger charge is 2.41. The van der Waals surface area contributed by atoms with E-state index in [9.17, 15) is 9.90 Å². The largest absolute Gasteiger partial charge is 0.481 e. The smallest absolute Gasteiger partial charge is 0.310 e. The van der Waals surface area contributed by atoms with Crippen LogP contribution in [0.15, 0.2) is 11.4 Å². The summed E-state index contributed by atoms with van der Waals surface area (Å²) < 4.78 is 0. The molecule has 1 atom stereocenters. The van der Waals surface area contributed by atoms with Crippen LogP contribution in [0.5, 0.6) is 0 Å². The van der Waals surface area contributed by atoms with Crippen molar-refractivity contribution < 1.29 is 9.90 Å². The van der Waals surface area contributed by atoms with E-state index in [2.05, 4.69) is 11.8 Å². The highest BCUT2D eigenvalue weighted by atomic mass is 35.5. The normalized spacial score (nSPS) is 24.5. The molecule has 5 heteroatoms. The van der Waals surface area contributed by atoms with Crippen LogP contribution >= 0.6 is 22.9 Å². The Hall–Kier alpha value is -0.580. The van der Waals surface area contributed by atoms with Crippen molar-refractivity contribution in [2.45, 2.75) is 39.2 Å². The summed E-state index contributed by atoms with van der Waals surface area (Å²) in [6.07, 6.45) is 3.46. The first-order valence-electron chi connectivity index (χ1n) is 6.74. The van der Waals surface area contributed by atoms with Crippen molar-refractivity contribution in [3.63, 3.8) is 0 Å². The number of carbonyl (C=O) groups is 1. The van der Waals surface area contributed by atoms with Gasteiger partial charge < -0.3 is 5.11 Å². The molecule has 106 valence electrons. The van der Waals surface area contributed by atoms with Gasteiger partial charge in [0.25, 0.3) is 0 Å². The Morgan fingerprint density at radius 3 is 3.00 bits per heavy atom. The van der Waals surface area contributed by atoms with Gasteiger partial charge in [-0.2, -0.15) is 0 Å². The molecular weight excluding hydrogens is 282 g/mol. The number of hydrogen-bond donors (Lipinski definition) is 1. The Morgan fingerprint density at radius 1 is 1.63 bits per heavy atom. The van der Waals surface area contributed by atoms with E-state index in [-0.39, 0.29) is 0 Å². The summed E-state index contributed by atoms with van der Waals surface area (Å²) in [6.45, 7) is 4.51. The minimum absolute atomic E-state index is 0.548. The predicted octanol–water partition coefficient (Wildman–Crippen LogP) is 3.87. The van der Waals surface area contributed by atoms with Gasteiger partial charge in [-0.1, -0.05) is 24.9 Å². The first-order valence-corrected chi connectivity index (χ1v) is 8.00. The van der Waals surface area contributed by atoms with E-state index in [4.69, 9.17) is 11.6 Å². The summed E-state index contributed by atoms with van der Waals surface area (Å²) >= 11 is 7.58. The second-order valence-electron chi connectivity index (χ2n) is 5.38. The van der Waals surface area contributed by atoms with E-state index in [1.807, 2.05) is 11.4 Å². The molecule has 0 spiro atoms. The molecule has 1 fully saturated rings. The van der Waals surface area contributed by atoms with E-state index in [0.29, 0.717) is 6.54 Å². The van der Waals surface area contributed by atoms with Crippen LogP contribution in [0.3, 0.4) is 0 Å². The number of thiophene rings is 1. The lowest BCUT2D eigenvalue weighted by Crippen LogP contribution is -2.47. The summed E-state index contributed by atoms with van der Waals surface area (Å²) in [4.78, 5) is 15.1. The van der Waals surface area contributed by atoms with Crippen LogP contribution in [0.25, 0.3) is 0 Å². The number of halogens is 1. The molecular formula is C14H20ClNO2S. The van der Waals surface area contributed by atoms with E-state index in [0.717, 1.165) is 43.8 Å². The van der Waals surface area contributed by atoms with Crippen LogP contribution in [0.1, 0.15) is 37.5 Å². The lowest BCUT2D eigenvalue weighted by molar-refractivity contribution is -0.153. The zero-order chi connectivity index (χ0) is 13.9. The van der Waals surface area contributed by atoms with Gasteiger partial charge >= 0.3 is 5.97 Å². The first kappa shape index (κ1) is 14.8. The number of aliphatic carboxylic acids is 1. The van der Waals surface area contributed by atoms with Crippen molar-refractivity contribution >= 4 is 28.9 Å². The third kappa shape index (κ3) is 3.50. The molecule has 1 saturated heterocycles. The molecule has 0 bridgehead atoms. The Kier molecular flexibility index (Phi) is 4.87. The maximum absolute atomic E-state index is 11.6. The molecule has 3 nitrogen and oxygen atoms in total. The number of hydrogen-bond acceptors (Lipinski definition) is 3. The van der Waals surface area contributed by atoms with E-state index >= 15 is 0 Å². The lowest BCUT2D eigenvalue weighted by Gasteiger charge is -2.39. The topological polar surface area (TPSA) is 40.5 Å². The van der Waals surface area contributed by atoms with Gasteiger partial charge in [0.2, 0.25) is 0 Å². The molecule has 0 saturated carbocycles. The van der Waals surface area contributed by atoms with Crippen molar-refractivity contribution in [3.8, 4) is 0 Å². The van der Waals surface area contributed by atoms with E-state index in [1.165, 1.54) is 4.88 Å². The van der Waals surface area contributed by atoms with Gasteiger partial charge in [0.05, 0.1) is 10.4 Å². The number of nitrogens with zero attached hydrogens (tertiary/aromatic N) is 1. The van der Waals surface area contributed by atoms with E-state index in [1.54, 1.807) is 11.3 Å². The molecule has 2 rings (SSSR count). The number of rotatable bonds is 5. The molecule has 1 aromatic rings. The summed E-state index contributed by atoms with van der Waals surface area (Å²) in [5, 5.41) is 12.3. The maximum atomic E-state index is 11.6. The third-order valence-corrected chi connectivity index (χ3v) is 5.11. The van der Waals surface area contributed by atoms with Crippen LogP contribution in [0, 0.1) is 5.41 Å². The molecule has 1 aromatic heterocycles. The van der Waals surface area contributed by atoms with Crippen LogP contribution in [-0.4, -0.2) is 29.1 Å². The van der Waals surface area contributed by atoms with Crippen molar-refractivity contribution in [2.24, 2.45) is 5.41 Å². The number of likely N-dealkylation sites (tertiary alicyclic amines) is 1. The summed E-state index contributed by atoms with van der Waals surface area (Å²) in [5.74, 6) is -0.636. The van der Waals surface area contributed by atoms with Gasteiger partial charge in [0.15, 0.2) is 0 Å². The van der Waals surface area contributed by atoms with Gasteiger partial charge in [0, 0.05) is 23.3 Å². The van der Waals surface area contributed by atoms with E-state index < -0.39 is 11.4 Å². The number of piperidine rings is 1. The molecule has 0 radical (unpaired) electrons. The van der Waals surface area contributed by atoms with Gasteiger partial charge in [-0.15, -0.1) is 11.3 Å². The van der Waals surface area contributed by atoms with Gasteiger partial charge in [-0.3, -0.25) is 9.69 Å². The molecule has 1 aliphatic rings. The summed E-state index contributed by atoms with van der Waals surface area (Å²) in [7, 11) is 0. The molecule has 0 aromatic carbocycles. The van der Waals surface area contributed by atoms with Gasteiger partial charge in [-0.25, -0.2) is 0 Å². The second-order valence-corrected chi connectivity index (χ2v) is 6.81. The SMILES string of the molecule is CCCC1(C(=O)O)CCCN(Cc2cc(Cl)cs2)C1. The highest BCUT2D eigenvalue weighted by molar-refractivity contribution is 7.10. The fraction of sp³-hybridized carbons (Fsp3) is 0.643. The second kappa shape index (κ2) is 6.25. The quantitative estimate of drug-likeness (QED) is 0.897. The van der Waals surface area contributed by atoms with Crippen LogP contribution in [0.2, 0.25) is 5.02 Å². The molecule has 0 amide bonds. The average molecular weight is 302 g/mol. The monoisotopic (exact) mass is 301 g/mol. The van der Waals surface area contributed by atoms with Crippen molar-refractivity contribution in [3.05, 3.63) is 21.3 Å². The minimum atomic E-state index is -0.636. The zero-order valence-corrected chi connectivity index (χ0v) is 12.8. The number of carboxylic acid groups (broad SMARTS) is 1. The minimum Gasteiger partial charge on any atom is -0.481 e. The molecule has 1 unspecified atom stereocenters. The molecule has 1 aliphatic heterocycles. The fourth-order valence-corrected chi connectivity index (χ4v) is 4.10. The maximum Gasteiger partial charge on any atom is 0.310 e. The fourth-order valence-electron chi connectivity index (χ4n) is 2.98. The molecule has 1 N–H and O–H groups in total. The third-order valence-electron chi connectivity index (χ3n) is 3.84. The van der Waals surface area contributed by atoms with Gasteiger partial charge in [0.1, 0.15) is 0 Å². The molecule has 2 heterocycles. The van der Waals surface area contributed by atoms with Crippen LogP contribution in [0.4, 0.5) is 0 Å². The Bertz CT molecular complexity index is 444. The average Bonchev–Trinajstić information content (AvgIpc) is 2.75. The summed E-state index contributed by atoms with van der Waals surface area (Å²) in [5.41, 5.74) is -0.548. The number of carboxylic acids is 1. The zero-order valence-electron chi connectivity index (χ0n) is 11.2. The van der Waals surface area contributed by atoms with Crippen molar-refractivity contribution in [1.29, 1.82) is 0 Å². The first-order chi connectivity index (χ1) is 9.05. The molecule has 0 aliphatic carbocycles. The summed E-state index contributed by atoms with van der Waals surface area (Å²) in [6, 6.07) is 1.98. The Labute approximate surface area is 123 Å². The van der Waals surface area contributed by atoms with Crippen molar-refractivity contribution in [1.82, 2.24) is 4.90 Å². The Balaban J connectivity index is 2.05.